The van der Waals surface area contributed by atoms with E-state index < -0.39 is 17.4 Å². The average molecular weight is 338 g/mol. The molecule has 0 bridgehead atoms. The predicted octanol–water partition coefficient (Wildman–Crippen LogP) is 2.91. The Morgan fingerprint density at radius 1 is 1.25 bits per heavy atom. The molecule has 0 saturated carbocycles. The van der Waals surface area contributed by atoms with Crippen molar-refractivity contribution >= 4 is 5.82 Å². The van der Waals surface area contributed by atoms with E-state index in [1.807, 2.05) is 6.92 Å². The first-order valence-corrected chi connectivity index (χ1v) is 7.59. The molecule has 1 aliphatic heterocycles. The van der Waals surface area contributed by atoms with Crippen LogP contribution in [-0.2, 0) is 6.18 Å². The second-order valence-corrected chi connectivity index (χ2v) is 6.08. The molecule has 2 aromatic rings. The van der Waals surface area contributed by atoms with Gasteiger partial charge in [0.15, 0.2) is 11.5 Å². The van der Waals surface area contributed by atoms with Gasteiger partial charge >= 0.3 is 6.18 Å². The minimum atomic E-state index is -4.57. The molecule has 3 heterocycles. The third-order valence-corrected chi connectivity index (χ3v) is 4.31. The van der Waals surface area contributed by atoms with Crippen LogP contribution in [-0.4, -0.2) is 38.7 Å². The number of halogens is 3. The molecule has 2 aromatic heterocycles. The highest BCUT2D eigenvalue weighted by atomic mass is 19.4. The van der Waals surface area contributed by atoms with E-state index >= 15 is 0 Å². The molecule has 8 heteroatoms. The summed E-state index contributed by atoms with van der Waals surface area (Å²) in [5.74, 6) is 0.174. The molecule has 0 aliphatic carbocycles. The lowest BCUT2D eigenvalue weighted by atomic mass is 10.0. The van der Waals surface area contributed by atoms with Crippen molar-refractivity contribution in [2.24, 2.45) is 0 Å². The Morgan fingerprint density at radius 3 is 2.58 bits per heavy atom. The lowest BCUT2D eigenvalue weighted by Gasteiger charge is -2.34. The summed E-state index contributed by atoms with van der Waals surface area (Å²) in [7, 11) is 0. The Balaban J connectivity index is 2.13. The second kappa shape index (κ2) is 6.01. The number of hydrogen-bond acceptors (Lipinski definition) is 5. The van der Waals surface area contributed by atoms with Gasteiger partial charge in [-0.25, -0.2) is 9.97 Å². The van der Waals surface area contributed by atoms with E-state index in [2.05, 4.69) is 15.0 Å². The summed E-state index contributed by atoms with van der Waals surface area (Å²) in [5, 5.41) is 9.66. The van der Waals surface area contributed by atoms with Crippen molar-refractivity contribution in [3.05, 3.63) is 36.3 Å². The lowest BCUT2D eigenvalue weighted by molar-refractivity contribution is -0.141. The van der Waals surface area contributed by atoms with Gasteiger partial charge in [0.1, 0.15) is 5.82 Å². The van der Waals surface area contributed by atoms with E-state index in [0.717, 1.165) is 12.5 Å². The standard InChI is InChI=1S/C16H17F3N4O/c1-15(10-24)5-2-8-23(15)13-9-12(16(17,18)19)21-14(22-13)11-3-6-20-7-4-11/h3-4,6-7,9,24H,2,5,8,10H2,1H3. The molecule has 0 aromatic carbocycles. The van der Waals surface area contributed by atoms with E-state index in [4.69, 9.17) is 0 Å². The van der Waals surface area contributed by atoms with Crippen molar-refractivity contribution in [3.63, 3.8) is 0 Å². The largest absolute Gasteiger partial charge is 0.433 e. The zero-order valence-corrected chi connectivity index (χ0v) is 13.1. The van der Waals surface area contributed by atoms with Gasteiger partial charge in [0, 0.05) is 30.6 Å². The van der Waals surface area contributed by atoms with Gasteiger partial charge in [0.25, 0.3) is 0 Å². The molecule has 5 nitrogen and oxygen atoms in total. The molecule has 1 atom stereocenters. The second-order valence-electron chi connectivity index (χ2n) is 6.08. The SMILES string of the molecule is CC1(CO)CCCN1c1cc(C(F)(F)F)nc(-c2ccncc2)n1. The van der Waals surface area contributed by atoms with Crippen LogP contribution in [0.5, 0.6) is 0 Å². The number of pyridine rings is 1. The number of aliphatic hydroxyl groups excluding tert-OH is 1. The molecule has 1 N–H and O–H groups in total. The Kier molecular flexibility index (Phi) is 4.16. The first kappa shape index (κ1) is 16.6. The van der Waals surface area contributed by atoms with Crippen molar-refractivity contribution in [1.29, 1.82) is 0 Å². The van der Waals surface area contributed by atoms with Gasteiger partial charge in [-0.15, -0.1) is 0 Å². The van der Waals surface area contributed by atoms with E-state index in [9.17, 15) is 18.3 Å². The number of anilines is 1. The van der Waals surface area contributed by atoms with Gasteiger partial charge in [-0.05, 0) is 31.9 Å². The van der Waals surface area contributed by atoms with Crippen LogP contribution in [0.3, 0.4) is 0 Å². The number of rotatable bonds is 3. The molecular formula is C16H17F3N4O. The predicted molar refractivity (Wildman–Crippen MR) is 82.3 cm³/mol. The number of alkyl halides is 3. The van der Waals surface area contributed by atoms with E-state index in [1.165, 1.54) is 12.4 Å². The highest BCUT2D eigenvalue weighted by Gasteiger charge is 2.39. The number of hydrogen-bond donors (Lipinski definition) is 1. The first-order valence-electron chi connectivity index (χ1n) is 7.59. The van der Waals surface area contributed by atoms with Crippen LogP contribution in [0.2, 0.25) is 0 Å². The summed E-state index contributed by atoms with van der Waals surface area (Å²) in [6.07, 6.45) is -0.139. The molecule has 128 valence electrons. The third kappa shape index (κ3) is 3.06. The van der Waals surface area contributed by atoms with Crippen LogP contribution < -0.4 is 4.90 Å². The van der Waals surface area contributed by atoms with Gasteiger partial charge in [-0.2, -0.15) is 13.2 Å². The van der Waals surface area contributed by atoms with Crippen molar-refractivity contribution in [2.75, 3.05) is 18.1 Å². The van der Waals surface area contributed by atoms with Gasteiger partial charge < -0.3 is 10.0 Å². The maximum Gasteiger partial charge on any atom is 0.433 e. The summed E-state index contributed by atoms with van der Waals surface area (Å²) in [4.78, 5) is 13.6. The fourth-order valence-corrected chi connectivity index (χ4v) is 2.93. The number of aromatic nitrogens is 3. The lowest BCUT2D eigenvalue weighted by Crippen LogP contribution is -2.45. The molecule has 1 saturated heterocycles. The quantitative estimate of drug-likeness (QED) is 0.932. The summed E-state index contributed by atoms with van der Waals surface area (Å²) in [6, 6.07) is 4.08. The van der Waals surface area contributed by atoms with Gasteiger partial charge in [-0.3, -0.25) is 4.98 Å². The molecule has 1 unspecified atom stereocenters. The van der Waals surface area contributed by atoms with E-state index in [-0.39, 0.29) is 18.2 Å². The highest BCUT2D eigenvalue weighted by Crippen LogP contribution is 2.36. The molecule has 24 heavy (non-hydrogen) atoms. The van der Waals surface area contributed by atoms with E-state index in [1.54, 1.807) is 17.0 Å². The van der Waals surface area contributed by atoms with Crippen LogP contribution in [0.15, 0.2) is 30.6 Å². The normalized spacial score (nSPS) is 21.3. The minimum absolute atomic E-state index is 0.00517. The molecule has 0 spiro atoms. The van der Waals surface area contributed by atoms with Gasteiger partial charge in [-0.1, -0.05) is 0 Å². The van der Waals surface area contributed by atoms with Crippen LogP contribution in [0.1, 0.15) is 25.5 Å². The first-order chi connectivity index (χ1) is 11.3. The zero-order chi connectivity index (χ0) is 17.4. The molecule has 0 radical (unpaired) electrons. The highest BCUT2D eigenvalue weighted by molar-refractivity contribution is 5.58. The monoisotopic (exact) mass is 338 g/mol. The van der Waals surface area contributed by atoms with E-state index in [0.29, 0.717) is 18.5 Å². The summed E-state index contributed by atoms with van der Waals surface area (Å²) in [6.45, 7) is 2.21. The maximum atomic E-state index is 13.3. The van der Waals surface area contributed by atoms with Crippen molar-refractivity contribution in [1.82, 2.24) is 15.0 Å². The zero-order valence-electron chi connectivity index (χ0n) is 13.1. The van der Waals surface area contributed by atoms with Crippen LogP contribution in [0.4, 0.5) is 19.0 Å². The van der Waals surface area contributed by atoms with Crippen molar-refractivity contribution in [3.8, 4) is 11.4 Å². The molecule has 1 aliphatic rings. The maximum absolute atomic E-state index is 13.3. The fraction of sp³-hybridized carbons (Fsp3) is 0.438. The molecule has 0 amide bonds. The fourth-order valence-electron chi connectivity index (χ4n) is 2.93. The Labute approximate surface area is 137 Å². The minimum Gasteiger partial charge on any atom is -0.394 e. The average Bonchev–Trinajstić information content (AvgIpc) is 2.97. The molecule has 3 rings (SSSR count). The molecule has 1 fully saturated rings. The summed E-state index contributed by atoms with van der Waals surface area (Å²) >= 11 is 0. The Hall–Kier alpha value is -2.22. The molecular weight excluding hydrogens is 321 g/mol. The van der Waals surface area contributed by atoms with Gasteiger partial charge in [0.2, 0.25) is 0 Å². The number of nitrogens with zero attached hydrogens (tertiary/aromatic N) is 4. The van der Waals surface area contributed by atoms with Crippen LogP contribution >= 0.6 is 0 Å². The van der Waals surface area contributed by atoms with Crippen molar-refractivity contribution in [2.45, 2.75) is 31.5 Å². The Morgan fingerprint density at radius 2 is 1.96 bits per heavy atom. The summed E-state index contributed by atoms with van der Waals surface area (Å²) in [5.41, 5.74) is -1.15. The topological polar surface area (TPSA) is 62.1 Å². The van der Waals surface area contributed by atoms with Crippen molar-refractivity contribution < 1.29 is 18.3 Å². The Bertz CT molecular complexity index is 723. The smallest absolute Gasteiger partial charge is 0.394 e. The van der Waals surface area contributed by atoms with Gasteiger partial charge in [0.05, 0.1) is 12.1 Å². The van der Waals surface area contributed by atoms with Crippen LogP contribution in [0, 0.1) is 0 Å². The van der Waals surface area contributed by atoms with Crippen LogP contribution in [0.25, 0.3) is 11.4 Å². The summed E-state index contributed by atoms with van der Waals surface area (Å²) < 4.78 is 39.8. The third-order valence-electron chi connectivity index (χ3n) is 4.31. The number of aliphatic hydroxyl groups is 1.